The van der Waals surface area contributed by atoms with E-state index in [1.807, 2.05) is 30.0 Å². The Kier molecular flexibility index (Phi) is 5.16. The highest BCUT2D eigenvalue weighted by atomic mass is 16.4. The fourth-order valence-electron chi connectivity index (χ4n) is 3.10. The Bertz CT molecular complexity index is 997. The van der Waals surface area contributed by atoms with Crippen molar-refractivity contribution in [3.05, 3.63) is 45.0 Å². The van der Waals surface area contributed by atoms with Gasteiger partial charge in [-0.3, -0.25) is 9.59 Å². The van der Waals surface area contributed by atoms with Gasteiger partial charge in [-0.1, -0.05) is 25.5 Å². The minimum Gasteiger partial charge on any atom is -0.481 e. The van der Waals surface area contributed by atoms with Gasteiger partial charge in [0.15, 0.2) is 11.2 Å². The number of fused-ring (bicyclic) bond motifs is 2. The van der Waals surface area contributed by atoms with Crippen LogP contribution in [0, 0.1) is 6.92 Å². The summed E-state index contributed by atoms with van der Waals surface area (Å²) in [5.74, 6) is -0.229. The molecule has 0 saturated carbocycles. The summed E-state index contributed by atoms with van der Waals surface area (Å²) in [4.78, 5) is 36.4. The lowest BCUT2D eigenvalue weighted by Crippen LogP contribution is -2.42. The maximum Gasteiger partial charge on any atom is 0.303 e. The lowest BCUT2D eigenvalue weighted by atomic mass is 10.1. The van der Waals surface area contributed by atoms with Gasteiger partial charge in [0.05, 0.1) is 11.4 Å². The van der Waals surface area contributed by atoms with Crippen LogP contribution in [-0.2, 0) is 4.79 Å². The third kappa shape index (κ3) is 3.82. The first-order valence-electron chi connectivity index (χ1n) is 8.73. The number of anilines is 2. The van der Waals surface area contributed by atoms with Gasteiger partial charge in [-0.25, -0.2) is 9.98 Å². The molecule has 0 radical (unpaired) electrons. The Labute approximate surface area is 150 Å². The molecule has 0 unspecified atom stereocenters. The molecule has 0 spiro atoms. The van der Waals surface area contributed by atoms with Crippen LogP contribution in [-0.4, -0.2) is 27.6 Å². The normalized spacial score (nSPS) is 12.3. The number of carbonyl (C=O) groups is 1. The highest BCUT2D eigenvalue weighted by Gasteiger charge is 2.22. The molecule has 136 valence electrons. The number of nitrogens with zero attached hydrogens (tertiary/aromatic N) is 3. The first kappa shape index (κ1) is 17.8. The molecule has 0 fully saturated rings. The zero-order chi connectivity index (χ0) is 18.7. The summed E-state index contributed by atoms with van der Waals surface area (Å²) in [5.41, 5.74) is 2.77. The maximum atomic E-state index is 12.3. The molecule has 7 nitrogen and oxygen atoms in total. The highest BCUT2D eigenvalue weighted by Crippen LogP contribution is 2.35. The summed E-state index contributed by atoms with van der Waals surface area (Å²) in [6, 6.07) is 5.96. The Morgan fingerprint density at radius 3 is 2.81 bits per heavy atom. The molecular formula is C19H22N4O3. The predicted molar refractivity (Wildman–Crippen MR) is 99.7 cm³/mol. The smallest absolute Gasteiger partial charge is 0.303 e. The number of hydrogen-bond acceptors (Lipinski definition) is 5. The predicted octanol–water partition coefficient (Wildman–Crippen LogP) is 1.93. The number of benzene rings is 1. The minimum atomic E-state index is -0.757. The summed E-state index contributed by atoms with van der Waals surface area (Å²) in [6.07, 6.45) is 3.53. The number of H-pyrrole nitrogens is 1. The summed E-state index contributed by atoms with van der Waals surface area (Å²) in [7, 11) is 0. The molecule has 26 heavy (non-hydrogen) atoms. The van der Waals surface area contributed by atoms with Gasteiger partial charge in [-0.15, -0.1) is 0 Å². The third-order valence-corrected chi connectivity index (χ3v) is 4.36. The van der Waals surface area contributed by atoms with Gasteiger partial charge in [-0.2, -0.15) is 0 Å². The monoisotopic (exact) mass is 354 g/mol. The second kappa shape index (κ2) is 7.51. The van der Waals surface area contributed by atoms with Crippen LogP contribution in [0.4, 0.5) is 17.2 Å². The molecule has 1 aromatic heterocycles. The largest absolute Gasteiger partial charge is 0.481 e. The van der Waals surface area contributed by atoms with E-state index in [1.165, 1.54) is 0 Å². The van der Waals surface area contributed by atoms with Gasteiger partial charge in [-0.05, 0) is 37.5 Å². The number of aryl methyl sites for hydroxylation is 1. The van der Waals surface area contributed by atoms with Crippen LogP contribution >= 0.6 is 0 Å². The number of unbranched alkanes of at least 4 members (excludes halogenated alkanes) is 3. The van der Waals surface area contributed by atoms with Gasteiger partial charge in [0, 0.05) is 13.0 Å². The Morgan fingerprint density at radius 1 is 1.27 bits per heavy atom. The SMILES string of the molecule is C=c1nc2c(c(=O)[nH]1)=Nc1cc(C)ccc1N2CCCCCCC(=O)O. The average molecular weight is 354 g/mol. The number of aromatic nitrogens is 2. The van der Waals surface area contributed by atoms with Crippen LogP contribution in [0.2, 0.25) is 0 Å². The fourth-order valence-corrected chi connectivity index (χ4v) is 3.10. The number of aliphatic carboxylic acids is 1. The summed E-state index contributed by atoms with van der Waals surface area (Å²) in [6.45, 7) is 6.41. The molecule has 2 heterocycles. The van der Waals surface area contributed by atoms with Gasteiger partial charge in [0.1, 0.15) is 5.48 Å². The molecule has 0 amide bonds. The number of aromatic amines is 1. The number of carboxylic acids is 1. The van der Waals surface area contributed by atoms with E-state index in [4.69, 9.17) is 5.11 Å². The lowest BCUT2D eigenvalue weighted by Gasteiger charge is -2.28. The van der Waals surface area contributed by atoms with Crippen molar-refractivity contribution in [3.8, 4) is 0 Å². The summed E-state index contributed by atoms with van der Waals surface area (Å²) in [5, 5.41) is 9.01. The molecule has 1 aliphatic rings. The average Bonchev–Trinajstić information content (AvgIpc) is 2.57. The third-order valence-electron chi connectivity index (χ3n) is 4.36. The van der Waals surface area contributed by atoms with E-state index in [0.29, 0.717) is 29.6 Å². The summed E-state index contributed by atoms with van der Waals surface area (Å²) >= 11 is 0. The zero-order valence-electron chi connectivity index (χ0n) is 14.8. The molecule has 7 heteroatoms. The van der Waals surface area contributed by atoms with Crippen LogP contribution in [0.3, 0.4) is 0 Å². The van der Waals surface area contributed by atoms with E-state index in [-0.39, 0.29) is 12.0 Å². The van der Waals surface area contributed by atoms with Crippen molar-refractivity contribution in [2.45, 2.75) is 39.0 Å². The molecule has 0 bridgehead atoms. The fraction of sp³-hybridized carbons (Fsp3) is 0.368. The van der Waals surface area contributed by atoms with Crippen molar-refractivity contribution in [2.75, 3.05) is 11.4 Å². The molecule has 3 rings (SSSR count). The van der Waals surface area contributed by atoms with E-state index in [9.17, 15) is 9.59 Å². The van der Waals surface area contributed by atoms with E-state index in [0.717, 1.165) is 36.2 Å². The molecule has 1 aromatic carbocycles. The van der Waals surface area contributed by atoms with E-state index >= 15 is 0 Å². The molecule has 0 atom stereocenters. The van der Waals surface area contributed by atoms with Crippen molar-refractivity contribution in [1.82, 2.24) is 9.97 Å². The number of hydrogen-bond donors (Lipinski definition) is 2. The van der Waals surface area contributed by atoms with Crippen molar-refractivity contribution in [3.63, 3.8) is 0 Å². The second-order valence-corrected chi connectivity index (χ2v) is 6.50. The molecular weight excluding hydrogens is 332 g/mol. The standard InChI is InChI=1S/C19H22N4O3/c1-12-8-9-15-14(11-12)22-17-18(20-13(2)21-19(17)26)23(15)10-6-4-3-5-7-16(24)25/h8-9,11H,2-7,10H2,1H3,(H,21,26)(H,24,25). The second-order valence-electron chi connectivity index (χ2n) is 6.50. The van der Waals surface area contributed by atoms with Crippen LogP contribution < -0.4 is 21.3 Å². The van der Waals surface area contributed by atoms with Crippen molar-refractivity contribution in [1.29, 1.82) is 0 Å². The van der Waals surface area contributed by atoms with Gasteiger partial charge >= 0.3 is 5.97 Å². The topological polar surface area (TPSA) is 98.7 Å². The highest BCUT2D eigenvalue weighted by molar-refractivity contribution is 5.76. The first-order valence-corrected chi connectivity index (χ1v) is 8.73. The van der Waals surface area contributed by atoms with Gasteiger partial charge in [0.2, 0.25) is 0 Å². The van der Waals surface area contributed by atoms with E-state index in [1.54, 1.807) is 0 Å². The number of nitrogens with one attached hydrogen (secondary N) is 1. The van der Waals surface area contributed by atoms with Crippen molar-refractivity contribution >= 4 is 29.7 Å². The molecule has 0 saturated heterocycles. The Balaban J connectivity index is 1.86. The van der Waals surface area contributed by atoms with E-state index in [2.05, 4.69) is 21.5 Å². The Morgan fingerprint density at radius 2 is 2.04 bits per heavy atom. The van der Waals surface area contributed by atoms with Gasteiger partial charge < -0.3 is 15.0 Å². The molecule has 0 aliphatic carbocycles. The van der Waals surface area contributed by atoms with Crippen LogP contribution in [0.25, 0.3) is 6.58 Å². The number of rotatable bonds is 7. The minimum absolute atomic E-state index is 0.204. The first-order chi connectivity index (χ1) is 12.5. The zero-order valence-corrected chi connectivity index (χ0v) is 14.8. The van der Waals surface area contributed by atoms with Crippen LogP contribution in [0.5, 0.6) is 0 Å². The Hall–Kier alpha value is -2.96. The molecule has 2 aromatic rings. The maximum absolute atomic E-state index is 12.3. The quantitative estimate of drug-likeness (QED) is 0.740. The summed E-state index contributed by atoms with van der Waals surface area (Å²) < 4.78 is 0. The van der Waals surface area contributed by atoms with Crippen LogP contribution in [0.15, 0.2) is 28.0 Å². The van der Waals surface area contributed by atoms with E-state index < -0.39 is 5.97 Å². The number of carboxylic acid groups (broad SMARTS) is 1. The van der Waals surface area contributed by atoms with Gasteiger partial charge in [0.25, 0.3) is 5.56 Å². The molecule has 1 aliphatic heterocycles. The van der Waals surface area contributed by atoms with Crippen molar-refractivity contribution in [2.24, 2.45) is 4.99 Å². The van der Waals surface area contributed by atoms with Crippen LogP contribution in [0.1, 0.15) is 37.7 Å². The molecule has 2 N–H and O–H groups in total. The van der Waals surface area contributed by atoms with Crippen molar-refractivity contribution < 1.29 is 9.90 Å². The lowest BCUT2D eigenvalue weighted by molar-refractivity contribution is -0.137.